The van der Waals surface area contributed by atoms with Crippen LogP contribution in [0.4, 0.5) is 0 Å². The number of hydrogen-bond acceptors (Lipinski definition) is 4. The summed E-state index contributed by atoms with van der Waals surface area (Å²) in [6.07, 6.45) is 7.46. The Morgan fingerprint density at radius 2 is 1.00 bits per heavy atom. The molecular weight excluding hydrogens is 763 g/mol. The van der Waals surface area contributed by atoms with Gasteiger partial charge >= 0.3 is 0 Å². The molecular formula is C53H65N9+2. The average Bonchev–Trinajstić information content (AvgIpc) is 4.01. The zero-order valence-corrected chi connectivity index (χ0v) is 39.0. The van der Waals surface area contributed by atoms with E-state index in [1.807, 2.05) is 47.5 Å². The summed E-state index contributed by atoms with van der Waals surface area (Å²) in [5, 5.41) is 17.7. The molecule has 8 aromatic rings. The molecule has 0 aliphatic carbocycles. The van der Waals surface area contributed by atoms with Crippen molar-refractivity contribution in [3.05, 3.63) is 173 Å². The first kappa shape index (κ1) is 45.1. The Hall–Kier alpha value is -6.48. The molecule has 0 fully saturated rings. The van der Waals surface area contributed by atoms with Gasteiger partial charge in [-0.1, -0.05) is 157 Å². The van der Waals surface area contributed by atoms with Crippen LogP contribution in [0.15, 0.2) is 134 Å². The molecule has 0 saturated heterocycles. The van der Waals surface area contributed by atoms with Gasteiger partial charge in [-0.15, -0.1) is 10.2 Å². The molecule has 5 aromatic carbocycles. The molecule has 0 N–H and O–H groups in total. The fraction of sp³-hybridized carbons (Fsp3) is 0.321. The van der Waals surface area contributed by atoms with Crippen molar-refractivity contribution in [1.29, 1.82) is 0 Å². The maximum Gasteiger partial charge on any atom is 0.273 e. The van der Waals surface area contributed by atoms with Crippen molar-refractivity contribution in [3.8, 4) is 39.8 Å². The van der Waals surface area contributed by atoms with E-state index in [1.54, 1.807) is 6.20 Å². The van der Waals surface area contributed by atoms with Crippen molar-refractivity contribution in [2.75, 3.05) is 0 Å². The zero-order chi connectivity index (χ0) is 44.7. The molecule has 0 atom stereocenters. The third-order valence-corrected chi connectivity index (χ3v) is 11.4. The lowest BCUT2D eigenvalue weighted by molar-refractivity contribution is -0.748. The molecule has 0 aliphatic rings. The van der Waals surface area contributed by atoms with Gasteiger partial charge < -0.3 is 0 Å². The van der Waals surface area contributed by atoms with Crippen LogP contribution in [0.25, 0.3) is 39.8 Å². The van der Waals surface area contributed by atoms with Crippen molar-refractivity contribution in [1.82, 2.24) is 34.4 Å². The Morgan fingerprint density at radius 3 is 1.48 bits per heavy atom. The topological polar surface area (TPSA) is 74.1 Å². The van der Waals surface area contributed by atoms with Crippen molar-refractivity contribution in [2.45, 2.75) is 99.8 Å². The highest BCUT2D eigenvalue weighted by atomic mass is 15.5. The number of para-hydroxylation sites is 3. The van der Waals surface area contributed by atoms with Gasteiger partial charge in [-0.3, -0.25) is 4.57 Å². The predicted octanol–water partition coefficient (Wildman–Crippen LogP) is 11.4. The summed E-state index contributed by atoms with van der Waals surface area (Å²) in [7, 11) is 4.04. The molecule has 3 aromatic heterocycles. The van der Waals surface area contributed by atoms with E-state index in [-0.39, 0.29) is 0 Å². The smallest absolute Gasteiger partial charge is 0.273 e. The number of nitrogens with zero attached hydrogens (tertiary/aromatic N) is 9. The maximum absolute atomic E-state index is 4.77. The summed E-state index contributed by atoms with van der Waals surface area (Å²) >= 11 is 0. The van der Waals surface area contributed by atoms with Crippen molar-refractivity contribution < 1.29 is 9.25 Å². The summed E-state index contributed by atoms with van der Waals surface area (Å²) in [5.41, 5.74) is 14.9. The fourth-order valence-corrected chi connectivity index (χ4v) is 7.99. The molecule has 320 valence electrons. The molecule has 9 nitrogen and oxygen atoms in total. The van der Waals surface area contributed by atoms with Gasteiger partial charge in [0.05, 0.1) is 18.3 Å². The lowest BCUT2D eigenvalue weighted by Crippen LogP contribution is -2.38. The number of aromatic nitrogens is 9. The summed E-state index contributed by atoms with van der Waals surface area (Å²) in [5.74, 6) is 3.77. The highest BCUT2D eigenvalue weighted by molar-refractivity contribution is 5.65. The SMILES string of the molecule is Cc1ccccc1-c1n(-c2c(C(C)C)cccc2C(C)C)nc[n+]1C.Cc1ccccc1-c1nncn1-c1c(C(C)C)cccc1C(C)C.Cc1ccccc1-n1ncc[n+]1C. The van der Waals surface area contributed by atoms with Crippen LogP contribution < -0.4 is 9.25 Å². The Morgan fingerprint density at radius 1 is 0.516 bits per heavy atom. The Kier molecular flexibility index (Phi) is 14.5. The number of benzene rings is 5. The van der Waals surface area contributed by atoms with Crippen molar-refractivity contribution in [3.63, 3.8) is 0 Å². The van der Waals surface area contributed by atoms with E-state index < -0.39 is 0 Å². The molecule has 0 radical (unpaired) electrons. The lowest BCUT2D eigenvalue weighted by atomic mass is 9.92. The molecule has 0 amide bonds. The van der Waals surface area contributed by atoms with E-state index in [2.05, 4.69) is 209 Å². The molecule has 3 heterocycles. The Bertz CT molecular complexity index is 2670. The van der Waals surface area contributed by atoms with Crippen LogP contribution in [0.5, 0.6) is 0 Å². The average molecular weight is 828 g/mol. The lowest BCUT2D eigenvalue weighted by Gasteiger charge is -2.21. The van der Waals surface area contributed by atoms with E-state index >= 15 is 0 Å². The first-order valence-electron chi connectivity index (χ1n) is 21.9. The van der Waals surface area contributed by atoms with Crippen LogP contribution >= 0.6 is 0 Å². The zero-order valence-electron chi connectivity index (χ0n) is 39.0. The van der Waals surface area contributed by atoms with Gasteiger partial charge in [-0.05, 0) is 100 Å². The van der Waals surface area contributed by atoms with Crippen LogP contribution in [-0.4, -0.2) is 34.4 Å². The maximum atomic E-state index is 4.77. The van der Waals surface area contributed by atoms with Crippen LogP contribution in [0, 0.1) is 20.8 Å². The third-order valence-electron chi connectivity index (χ3n) is 11.4. The van der Waals surface area contributed by atoms with Gasteiger partial charge in [0.1, 0.15) is 24.7 Å². The fourth-order valence-electron chi connectivity index (χ4n) is 7.99. The molecule has 9 heteroatoms. The molecule has 0 saturated carbocycles. The van der Waals surface area contributed by atoms with E-state index in [0.29, 0.717) is 23.7 Å². The Balaban J connectivity index is 0.000000163. The molecule has 62 heavy (non-hydrogen) atoms. The highest BCUT2D eigenvalue weighted by Gasteiger charge is 2.28. The second-order valence-corrected chi connectivity index (χ2v) is 17.4. The monoisotopic (exact) mass is 828 g/mol. The number of hydrogen-bond donors (Lipinski definition) is 0. The second kappa shape index (κ2) is 19.9. The van der Waals surface area contributed by atoms with Gasteiger partial charge in [0.2, 0.25) is 6.20 Å². The van der Waals surface area contributed by atoms with Gasteiger partial charge in [0.25, 0.3) is 12.2 Å². The highest BCUT2D eigenvalue weighted by Crippen LogP contribution is 2.35. The van der Waals surface area contributed by atoms with Crippen LogP contribution in [-0.2, 0) is 14.1 Å². The molecule has 0 bridgehead atoms. The van der Waals surface area contributed by atoms with Crippen LogP contribution in [0.1, 0.15) is 118 Å². The first-order chi connectivity index (χ1) is 29.7. The van der Waals surface area contributed by atoms with E-state index in [1.165, 1.54) is 55.9 Å². The second-order valence-electron chi connectivity index (χ2n) is 17.4. The minimum absolute atomic E-state index is 0.436. The molecule has 0 unspecified atom stereocenters. The largest absolute Gasteiger partial charge is 0.281 e. The summed E-state index contributed by atoms with van der Waals surface area (Å²) in [4.78, 5) is 1.87. The standard InChI is InChI=1S/C22H28N3.C21H25N3.C10H12N3/c1-15(2)18-12-9-13-19(16(3)4)21(18)25-22(24(6)14-23-25)20-11-8-7-10-17(20)5;1-14(2)17-11-8-12-18(15(3)4)20(17)24-13-22-23-21(24)19-10-7-6-9-16(19)5;1-9-5-3-4-6-10(9)13-11-7-8-12(13)2/h7-16H,1-6H3;6-15H,1-5H3;3-8H,1-2H3/q+1;;+1. The number of rotatable bonds is 9. The summed E-state index contributed by atoms with van der Waals surface area (Å²) in [6, 6.07) is 38.3. The van der Waals surface area contributed by atoms with Gasteiger partial charge in [-0.2, -0.15) is 4.68 Å². The summed E-state index contributed by atoms with van der Waals surface area (Å²) < 4.78 is 8.35. The molecule has 8 rings (SSSR count). The third kappa shape index (κ3) is 9.68. The van der Waals surface area contributed by atoms with Crippen LogP contribution in [0.2, 0.25) is 0 Å². The van der Waals surface area contributed by atoms with E-state index in [4.69, 9.17) is 5.10 Å². The summed E-state index contributed by atoms with van der Waals surface area (Å²) in [6.45, 7) is 24.3. The van der Waals surface area contributed by atoms with Crippen molar-refractivity contribution in [2.24, 2.45) is 14.1 Å². The van der Waals surface area contributed by atoms with Crippen LogP contribution in [0.3, 0.4) is 0 Å². The minimum Gasteiger partial charge on any atom is -0.281 e. The van der Waals surface area contributed by atoms with Crippen molar-refractivity contribution >= 4 is 0 Å². The predicted molar refractivity (Wildman–Crippen MR) is 252 cm³/mol. The van der Waals surface area contributed by atoms with E-state index in [0.717, 1.165) is 22.9 Å². The van der Waals surface area contributed by atoms with Gasteiger partial charge in [-0.25, -0.2) is 4.57 Å². The van der Waals surface area contributed by atoms with Gasteiger partial charge in [0.15, 0.2) is 12.0 Å². The van der Waals surface area contributed by atoms with E-state index in [9.17, 15) is 0 Å². The minimum atomic E-state index is 0.436. The first-order valence-corrected chi connectivity index (χ1v) is 21.9. The molecule has 0 aliphatic heterocycles. The Labute approximate surface area is 369 Å². The van der Waals surface area contributed by atoms with Gasteiger partial charge in [0, 0.05) is 15.8 Å². The quantitative estimate of drug-likeness (QED) is 0.136. The number of aryl methyl sites for hydroxylation is 5. The molecule has 0 spiro atoms. The normalized spacial score (nSPS) is 11.2.